The Morgan fingerprint density at radius 1 is 1.18 bits per heavy atom. The van der Waals surface area contributed by atoms with Crippen LogP contribution in [0.15, 0.2) is 29.2 Å². The number of carboxylic acids is 1. The number of sulfonamides is 1. The molecule has 0 saturated heterocycles. The molecule has 5 nitrogen and oxygen atoms in total. The summed E-state index contributed by atoms with van der Waals surface area (Å²) in [4.78, 5) is 11.2. The second-order valence-corrected chi connectivity index (χ2v) is 8.78. The molecule has 124 valence electrons. The van der Waals surface area contributed by atoms with Crippen LogP contribution in [0.3, 0.4) is 0 Å². The second kappa shape index (κ2) is 6.79. The topological polar surface area (TPSA) is 83.5 Å². The first-order chi connectivity index (χ1) is 9.92. The van der Waals surface area contributed by atoms with Gasteiger partial charge in [-0.2, -0.15) is 4.72 Å². The molecule has 6 heteroatoms. The lowest BCUT2D eigenvalue weighted by atomic mass is 9.88. The molecule has 1 rings (SSSR count). The fraction of sp³-hybridized carbons (Fsp3) is 0.562. The van der Waals surface area contributed by atoms with Gasteiger partial charge in [0.15, 0.2) is 0 Å². The number of nitrogens with one attached hydrogen (secondary N) is 1. The van der Waals surface area contributed by atoms with Crippen LogP contribution in [0.25, 0.3) is 0 Å². The van der Waals surface area contributed by atoms with Gasteiger partial charge in [0.2, 0.25) is 10.0 Å². The van der Waals surface area contributed by atoms with E-state index >= 15 is 0 Å². The quantitative estimate of drug-likeness (QED) is 0.841. The molecule has 0 radical (unpaired) electrons. The van der Waals surface area contributed by atoms with E-state index in [1.54, 1.807) is 26.0 Å². The van der Waals surface area contributed by atoms with E-state index in [9.17, 15) is 13.2 Å². The molecule has 0 aromatic heterocycles. The molecule has 0 bridgehead atoms. The first-order valence-electron chi connectivity index (χ1n) is 7.26. The van der Waals surface area contributed by atoms with Crippen LogP contribution in [0.1, 0.15) is 40.2 Å². The maximum atomic E-state index is 12.3. The molecule has 0 unspecified atom stereocenters. The van der Waals surface area contributed by atoms with Crippen molar-refractivity contribution in [1.82, 2.24) is 4.72 Å². The van der Waals surface area contributed by atoms with Crippen molar-refractivity contribution in [2.24, 2.45) is 11.3 Å². The molecule has 1 atom stereocenters. The average Bonchev–Trinajstić information content (AvgIpc) is 2.34. The molecule has 22 heavy (non-hydrogen) atoms. The number of carbonyl (C=O) groups is 1. The molecule has 1 aromatic carbocycles. The third kappa shape index (κ3) is 5.42. The lowest BCUT2D eigenvalue weighted by molar-refractivity contribution is -0.140. The van der Waals surface area contributed by atoms with Crippen molar-refractivity contribution in [3.05, 3.63) is 29.8 Å². The van der Waals surface area contributed by atoms with Crippen molar-refractivity contribution >= 4 is 16.0 Å². The minimum atomic E-state index is -3.84. The average molecular weight is 327 g/mol. The van der Waals surface area contributed by atoms with E-state index in [0.29, 0.717) is 0 Å². The predicted molar refractivity (Wildman–Crippen MR) is 86.2 cm³/mol. The van der Waals surface area contributed by atoms with Gasteiger partial charge in [-0.25, -0.2) is 8.42 Å². The van der Waals surface area contributed by atoms with Crippen molar-refractivity contribution in [3.8, 4) is 0 Å². The molecular weight excluding hydrogens is 302 g/mol. The van der Waals surface area contributed by atoms with Gasteiger partial charge >= 0.3 is 5.97 Å². The Morgan fingerprint density at radius 3 is 2.05 bits per heavy atom. The maximum Gasteiger partial charge on any atom is 0.322 e. The highest BCUT2D eigenvalue weighted by atomic mass is 32.2. The molecular formula is C16H25NO4S. The fourth-order valence-corrected chi connectivity index (χ4v) is 3.44. The molecule has 0 aliphatic heterocycles. The summed E-state index contributed by atoms with van der Waals surface area (Å²) >= 11 is 0. The number of rotatable bonds is 6. The summed E-state index contributed by atoms with van der Waals surface area (Å²) in [5, 5.41) is 9.10. The summed E-state index contributed by atoms with van der Waals surface area (Å²) in [6.07, 6.45) is 0.838. The smallest absolute Gasteiger partial charge is 0.322 e. The van der Waals surface area contributed by atoms with Crippen molar-refractivity contribution < 1.29 is 18.3 Å². The summed E-state index contributed by atoms with van der Waals surface area (Å²) in [6.45, 7) is 9.65. The zero-order chi connectivity index (χ0) is 17.1. The summed E-state index contributed by atoms with van der Waals surface area (Å²) in [6, 6.07) is 5.43. The van der Waals surface area contributed by atoms with Crippen LogP contribution in [0.4, 0.5) is 0 Å². The Kier molecular flexibility index (Phi) is 5.76. The summed E-state index contributed by atoms with van der Waals surface area (Å²) < 4.78 is 26.8. The van der Waals surface area contributed by atoms with Gasteiger partial charge in [0.05, 0.1) is 4.90 Å². The van der Waals surface area contributed by atoms with Crippen LogP contribution in [0.5, 0.6) is 0 Å². The molecule has 0 amide bonds. The van der Waals surface area contributed by atoms with Gasteiger partial charge in [-0.3, -0.25) is 4.79 Å². The monoisotopic (exact) mass is 327 g/mol. The van der Waals surface area contributed by atoms with E-state index in [4.69, 9.17) is 5.11 Å². The number of benzene rings is 1. The van der Waals surface area contributed by atoms with Gasteiger partial charge in [-0.1, -0.05) is 46.8 Å². The number of hydrogen-bond donors (Lipinski definition) is 2. The highest BCUT2D eigenvalue weighted by molar-refractivity contribution is 7.89. The molecule has 0 fully saturated rings. The van der Waals surface area contributed by atoms with Gasteiger partial charge in [0, 0.05) is 0 Å². The van der Waals surface area contributed by atoms with Gasteiger partial charge < -0.3 is 5.11 Å². The molecule has 0 spiro atoms. The molecule has 0 aliphatic rings. The normalized spacial score (nSPS) is 14.1. The summed E-state index contributed by atoms with van der Waals surface area (Å²) in [5.41, 5.74) is 1.16. The van der Waals surface area contributed by atoms with Crippen LogP contribution >= 0.6 is 0 Å². The van der Waals surface area contributed by atoms with Crippen LogP contribution in [0.2, 0.25) is 0 Å². The molecule has 0 aliphatic carbocycles. The third-order valence-corrected chi connectivity index (χ3v) is 4.64. The van der Waals surface area contributed by atoms with E-state index in [2.05, 4.69) is 25.5 Å². The van der Waals surface area contributed by atoms with E-state index in [1.165, 1.54) is 12.1 Å². The first-order valence-corrected chi connectivity index (χ1v) is 8.75. The lowest BCUT2D eigenvalue weighted by Crippen LogP contribution is -2.44. The predicted octanol–water partition coefficient (Wildman–Crippen LogP) is 2.66. The highest BCUT2D eigenvalue weighted by Crippen LogP contribution is 2.21. The largest absolute Gasteiger partial charge is 0.480 e. The minimum Gasteiger partial charge on any atom is -0.480 e. The van der Waals surface area contributed by atoms with Gasteiger partial charge in [-0.15, -0.1) is 0 Å². The van der Waals surface area contributed by atoms with Gasteiger partial charge in [0.1, 0.15) is 6.04 Å². The fourth-order valence-electron chi connectivity index (χ4n) is 2.11. The van der Waals surface area contributed by atoms with Crippen LogP contribution in [-0.2, 0) is 21.2 Å². The van der Waals surface area contributed by atoms with Gasteiger partial charge in [0.25, 0.3) is 0 Å². The third-order valence-electron chi connectivity index (χ3n) is 3.18. The zero-order valence-electron chi connectivity index (χ0n) is 13.8. The van der Waals surface area contributed by atoms with Crippen molar-refractivity contribution in [2.45, 2.75) is 52.0 Å². The van der Waals surface area contributed by atoms with Crippen LogP contribution in [0, 0.1) is 11.3 Å². The SMILES string of the molecule is CC(C)[C@H](NS(=O)(=O)c1ccc(CC(C)(C)C)cc1)C(=O)O. The maximum absolute atomic E-state index is 12.3. The van der Waals surface area contributed by atoms with E-state index in [1.807, 2.05) is 0 Å². The van der Waals surface area contributed by atoms with Gasteiger partial charge in [-0.05, 0) is 35.4 Å². The highest BCUT2D eigenvalue weighted by Gasteiger charge is 2.28. The van der Waals surface area contributed by atoms with E-state index < -0.39 is 22.0 Å². The Balaban J connectivity index is 2.96. The summed E-state index contributed by atoms with van der Waals surface area (Å²) in [7, 11) is -3.84. The van der Waals surface area contributed by atoms with Crippen molar-refractivity contribution in [2.75, 3.05) is 0 Å². The number of carboxylic acid groups (broad SMARTS) is 1. The van der Waals surface area contributed by atoms with E-state index in [-0.39, 0.29) is 16.2 Å². The number of hydrogen-bond acceptors (Lipinski definition) is 3. The molecule has 0 heterocycles. The van der Waals surface area contributed by atoms with Crippen LogP contribution < -0.4 is 4.72 Å². The van der Waals surface area contributed by atoms with Crippen molar-refractivity contribution in [1.29, 1.82) is 0 Å². The molecule has 0 saturated carbocycles. The Hall–Kier alpha value is -1.40. The van der Waals surface area contributed by atoms with E-state index in [0.717, 1.165) is 12.0 Å². The first kappa shape index (κ1) is 18.6. The zero-order valence-corrected chi connectivity index (χ0v) is 14.6. The standard InChI is InChI=1S/C16H25NO4S/c1-11(2)14(15(18)19)17-22(20,21)13-8-6-12(7-9-13)10-16(3,4)5/h6-9,11,14,17H,10H2,1-5H3,(H,18,19)/t14-/m0/s1. The second-order valence-electron chi connectivity index (χ2n) is 7.06. The van der Waals surface area contributed by atoms with Crippen molar-refractivity contribution in [3.63, 3.8) is 0 Å². The minimum absolute atomic E-state index is 0.0806. The summed E-state index contributed by atoms with van der Waals surface area (Å²) in [5.74, 6) is -1.52. The number of aliphatic carboxylic acids is 1. The Labute approximate surface area is 132 Å². The lowest BCUT2D eigenvalue weighted by Gasteiger charge is -2.19. The van der Waals surface area contributed by atoms with Crippen LogP contribution in [-0.4, -0.2) is 25.5 Å². The molecule has 2 N–H and O–H groups in total. The molecule has 1 aromatic rings. The Bertz CT molecular complexity index is 613. The Morgan fingerprint density at radius 2 is 1.68 bits per heavy atom.